The molecule has 0 unspecified atom stereocenters. The number of hydrogen-bond acceptors (Lipinski definition) is 2. The number of nitrogens with one attached hydrogen (secondary N) is 1. The predicted molar refractivity (Wildman–Crippen MR) is 55.2 cm³/mol. The first kappa shape index (κ1) is 8.81. The summed E-state index contributed by atoms with van der Waals surface area (Å²) in [4.78, 5) is 7.05. The van der Waals surface area contributed by atoms with E-state index in [0.29, 0.717) is 6.61 Å². The molecule has 0 fully saturated rings. The van der Waals surface area contributed by atoms with Crippen LogP contribution in [0, 0.1) is 0 Å². The molecule has 14 heavy (non-hydrogen) atoms. The Morgan fingerprint density at radius 2 is 2.21 bits per heavy atom. The Bertz CT molecular complexity index is 395. The maximum absolute atomic E-state index is 5.51. The summed E-state index contributed by atoms with van der Waals surface area (Å²) in [5, 5.41) is 0. The number of ether oxygens (including phenoxy) is 1. The molecule has 0 amide bonds. The van der Waals surface area contributed by atoms with E-state index < -0.39 is 0 Å². The summed E-state index contributed by atoms with van der Waals surface area (Å²) in [6.07, 6.45) is 3.45. The maximum Gasteiger partial charge on any atom is 0.128 e. The van der Waals surface area contributed by atoms with Gasteiger partial charge in [-0.25, -0.2) is 4.98 Å². The molecule has 0 aliphatic carbocycles. The predicted octanol–water partition coefficient (Wildman–Crippen LogP) is 2.48. The molecule has 1 N–H and O–H groups in total. The van der Waals surface area contributed by atoms with Crippen molar-refractivity contribution >= 4 is 0 Å². The van der Waals surface area contributed by atoms with Crippen LogP contribution in [0.2, 0.25) is 0 Å². The van der Waals surface area contributed by atoms with Gasteiger partial charge in [0.15, 0.2) is 0 Å². The first-order valence-corrected chi connectivity index (χ1v) is 4.62. The maximum atomic E-state index is 5.51. The van der Waals surface area contributed by atoms with E-state index in [1.165, 1.54) is 0 Å². The van der Waals surface area contributed by atoms with Crippen molar-refractivity contribution in [2.24, 2.45) is 0 Å². The number of benzene rings is 1. The van der Waals surface area contributed by atoms with Crippen molar-refractivity contribution in [1.29, 1.82) is 0 Å². The average molecular weight is 188 g/mol. The summed E-state index contributed by atoms with van der Waals surface area (Å²) < 4.78 is 5.51. The van der Waals surface area contributed by atoms with Crippen molar-refractivity contribution in [2.75, 3.05) is 6.61 Å². The van der Waals surface area contributed by atoms with Crippen LogP contribution in [0.1, 0.15) is 6.92 Å². The van der Waals surface area contributed by atoms with E-state index in [2.05, 4.69) is 9.97 Å². The second-order valence-electron chi connectivity index (χ2n) is 2.89. The molecule has 3 heteroatoms. The van der Waals surface area contributed by atoms with Gasteiger partial charge in [0, 0.05) is 5.56 Å². The number of nitrogens with zero attached hydrogens (tertiary/aromatic N) is 1. The van der Waals surface area contributed by atoms with Gasteiger partial charge in [-0.1, -0.05) is 12.1 Å². The topological polar surface area (TPSA) is 37.9 Å². The Balaban J connectivity index is 2.42. The summed E-state index contributed by atoms with van der Waals surface area (Å²) in [5.74, 6) is 0.888. The molecule has 1 aromatic carbocycles. The van der Waals surface area contributed by atoms with Crippen LogP contribution in [0.3, 0.4) is 0 Å². The summed E-state index contributed by atoms with van der Waals surface area (Å²) in [6.45, 7) is 2.65. The third-order valence-electron chi connectivity index (χ3n) is 1.98. The van der Waals surface area contributed by atoms with Gasteiger partial charge in [0.25, 0.3) is 0 Å². The van der Waals surface area contributed by atoms with Crippen molar-refractivity contribution in [3.8, 4) is 17.0 Å². The Hall–Kier alpha value is -1.77. The van der Waals surface area contributed by atoms with E-state index in [-0.39, 0.29) is 0 Å². The zero-order chi connectivity index (χ0) is 9.80. The van der Waals surface area contributed by atoms with Crippen LogP contribution >= 0.6 is 0 Å². The number of para-hydroxylation sites is 1. The molecule has 0 radical (unpaired) electrons. The molecule has 0 bridgehead atoms. The van der Waals surface area contributed by atoms with Gasteiger partial charge < -0.3 is 9.72 Å². The van der Waals surface area contributed by atoms with E-state index in [0.717, 1.165) is 17.0 Å². The first-order valence-electron chi connectivity index (χ1n) is 4.62. The normalized spacial score (nSPS) is 10.1. The fraction of sp³-hybridized carbons (Fsp3) is 0.182. The minimum Gasteiger partial charge on any atom is -0.493 e. The molecule has 2 aromatic rings. The second-order valence-corrected chi connectivity index (χ2v) is 2.89. The lowest BCUT2D eigenvalue weighted by molar-refractivity contribution is 0.341. The van der Waals surface area contributed by atoms with Gasteiger partial charge in [0.05, 0.1) is 24.8 Å². The van der Waals surface area contributed by atoms with Crippen molar-refractivity contribution in [3.05, 3.63) is 36.8 Å². The number of aromatic nitrogens is 2. The molecule has 0 spiro atoms. The van der Waals surface area contributed by atoms with Crippen LogP contribution in [0.4, 0.5) is 0 Å². The van der Waals surface area contributed by atoms with Crippen molar-refractivity contribution in [2.45, 2.75) is 6.92 Å². The highest BCUT2D eigenvalue weighted by Crippen LogP contribution is 2.27. The Labute approximate surface area is 82.8 Å². The van der Waals surface area contributed by atoms with Gasteiger partial charge in [-0.15, -0.1) is 0 Å². The van der Waals surface area contributed by atoms with Gasteiger partial charge in [-0.3, -0.25) is 0 Å². The lowest BCUT2D eigenvalue weighted by atomic mass is 10.1. The Morgan fingerprint density at radius 1 is 1.36 bits per heavy atom. The van der Waals surface area contributed by atoms with Crippen LogP contribution < -0.4 is 4.74 Å². The third kappa shape index (κ3) is 1.62. The van der Waals surface area contributed by atoms with Gasteiger partial charge in [0.2, 0.25) is 0 Å². The van der Waals surface area contributed by atoms with E-state index >= 15 is 0 Å². The lowest BCUT2D eigenvalue weighted by Gasteiger charge is -2.07. The number of rotatable bonds is 3. The fourth-order valence-electron chi connectivity index (χ4n) is 1.37. The minimum absolute atomic E-state index is 0.672. The van der Waals surface area contributed by atoms with Crippen LogP contribution in [-0.2, 0) is 0 Å². The lowest BCUT2D eigenvalue weighted by Crippen LogP contribution is -1.93. The van der Waals surface area contributed by atoms with Gasteiger partial charge in [0.1, 0.15) is 5.75 Å². The van der Waals surface area contributed by atoms with Crippen LogP contribution in [0.5, 0.6) is 5.75 Å². The van der Waals surface area contributed by atoms with Gasteiger partial charge >= 0.3 is 0 Å². The standard InChI is InChI=1S/C11H12N2O/c1-2-14-11-6-4-3-5-9(11)10-7-12-8-13-10/h3-8H,2H2,1H3,(H,12,13). The van der Waals surface area contributed by atoms with Gasteiger partial charge in [-0.05, 0) is 19.1 Å². The molecule has 1 aromatic heterocycles. The van der Waals surface area contributed by atoms with E-state index in [4.69, 9.17) is 4.74 Å². The second kappa shape index (κ2) is 3.96. The molecule has 3 nitrogen and oxygen atoms in total. The highest BCUT2D eigenvalue weighted by atomic mass is 16.5. The highest BCUT2D eigenvalue weighted by Gasteiger charge is 2.05. The number of hydrogen-bond donors (Lipinski definition) is 1. The minimum atomic E-state index is 0.672. The Kier molecular flexibility index (Phi) is 2.49. The van der Waals surface area contributed by atoms with Crippen LogP contribution in [-0.4, -0.2) is 16.6 Å². The first-order chi connectivity index (χ1) is 6.92. The largest absolute Gasteiger partial charge is 0.493 e. The molecule has 0 saturated carbocycles. The molecule has 1 heterocycles. The SMILES string of the molecule is CCOc1ccccc1-c1cnc[nH]1. The zero-order valence-electron chi connectivity index (χ0n) is 8.03. The summed E-state index contributed by atoms with van der Waals surface area (Å²) >= 11 is 0. The molecule has 2 rings (SSSR count). The van der Waals surface area contributed by atoms with E-state index in [1.54, 1.807) is 12.5 Å². The summed E-state index contributed by atoms with van der Waals surface area (Å²) in [5.41, 5.74) is 2.03. The number of H-pyrrole nitrogens is 1. The van der Waals surface area contributed by atoms with Crippen molar-refractivity contribution in [3.63, 3.8) is 0 Å². The molecule has 0 saturated heterocycles. The molecule has 0 atom stereocenters. The summed E-state index contributed by atoms with van der Waals surface area (Å²) in [6, 6.07) is 7.92. The highest BCUT2D eigenvalue weighted by molar-refractivity contribution is 5.66. The van der Waals surface area contributed by atoms with Crippen molar-refractivity contribution < 1.29 is 4.74 Å². The average Bonchev–Trinajstić information content (AvgIpc) is 2.72. The zero-order valence-corrected chi connectivity index (χ0v) is 8.03. The molecule has 72 valence electrons. The van der Waals surface area contributed by atoms with E-state index in [1.807, 2.05) is 31.2 Å². The van der Waals surface area contributed by atoms with Crippen LogP contribution in [0.15, 0.2) is 36.8 Å². The number of aromatic amines is 1. The number of imidazole rings is 1. The molecular formula is C11H12N2O. The summed E-state index contributed by atoms with van der Waals surface area (Å²) in [7, 11) is 0. The fourth-order valence-corrected chi connectivity index (χ4v) is 1.37. The monoisotopic (exact) mass is 188 g/mol. The van der Waals surface area contributed by atoms with E-state index in [9.17, 15) is 0 Å². The van der Waals surface area contributed by atoms with Gasteiger partial charge in [-0.2, -0.15) is 0 Å². The molecule has 0 aliphatic heterocycles. The molecular weight excluding hydrogens is 176 g/mol. The Morgan fingerprint density at radius 3 is 2.93 bits per heavy atom. The third-order valence-corrected chi connectivity index (χ3v) is 1.98. The van der Waals surface area contributed by atoms with Crippen LogP contribution in [0.25, 0.3) is 11.3 Å². The smallest absolute Gasteiger partial charge is 0.128 e. The quantitative estimate of drug-likeness (QED) is 0.803. The van der Waals surface area contributed by atoms with Crippen molar-refractivity contribution in [1.82, 2.24) is 9.97 Å². The molecule has 0 aliphatic rings.